The van der Waals surface area contributed by atoms with Crippen molar-refractivity contribution in [2.24, 2.45) is 5.92 Å². The molecule has 0 aliphatic carbocycles. The minimum absolute atomic E-state index is 0.0982. The number of aromatic nitrogens is 2. The summed E-state index contributed by atoms with van der Waals surface area (Å²) in [5, 5.41) is 2.81. The third-order valence-corrected chi connectivity index (χ3v) is 6.81. The van der Waals surface area contributed by atoms with E-state index >= 15 is 0 Å². The first kappa shape index (κ1) is 18.6. The van der Waals surface area contributed by atoms with Crippen molar-refractivity contribution < 1.29 is 9.59 Å². The topological polar surface area (TPSA) is 70.5 Å². The van der Waals surface area contributed by atoms with Crippen molar-refractivity contribution in [2.45, 2.75) is 58.2 Å². The molecule has 2 fully saturated rings. The Balaban J connectivity index is 1.36. The summed E-state index contributed by atoms with van der Waals surface area (Å²) in [5.74, 6) is 1.61. The normalized spacial score (nSPS) is 25.0. The Morgan fingerprint density at radius 3 is 2.90 bits per heavy atom. The number of imidazole rings is 1. The molecule has 2 aromatic rings. The molecule has 3 aliphatic rings. The summed E-state index contributed by atoms with van der Waals surface area (Å²) in [7, 11) is 0. The summed E-state index contributed by atoms with van der Waals surface area (Å²) in [6.45, 7) is 5.72. The molecule has 2 saturated heterocycles. The van der Waals surface area contributed by atoms with Crippen LogP contribution in [0.3, 0.4) is 0 Å². The van der Waals surface area contributed by atoms with Crippen molar-refractivity contribution in [1.29, 1.82) is 0 Å². The Morgan fingerprint density at radius 1 is 1.17 bits per heavy atom. The number of rotatable bonds is 3. The van der Waals surface area contributed by atoms with E-state index in [9.17, 15) is 9.59 Å². The maximum absolute atomic E-state index is 13.0. The average Bonchev–Trinajstić information content (AvgIpc) is 3.04. The third-order valence-electron chi connectivity index (χ3n) is 6.81. The molecular weight excluding hydrogens is 366 g/mol. The Labute approximate surface area is 171 Å². The van der Waals surface area contributed by atoms with E-state index < -0.39 is 0 Å². The number of fused-ring (bicyclic) bond motifs is 4. The number of amides is 2. The van der Waals surface area contributed by atoms with Gasteiger partial charge in [0.05, 0.1) is 17.6 Å². The maximum atomic E-state index is 13.0. The second-order valence-corrected chi connectivity index (χ2v) is 8.77. The number of carbonyl (C=O) groups is 2. The molecule has 0 spiro atoms. The Hall–Kier alpha value is -2.41. The van der Waals surface area contributed by atoms with Gasteiger partial charge in [-0.05, 0) is 62.9 Å². The lowest BCUT2D eigenvalue weighted by atomic mass is 9.83. The smallest absolute Gasteiger partial charge is 0.242 e. The van der Waals surface area contributed by atoms with E-state index in [4.69, 9.17) is 4.98 Å². The summed E-state index contributed by atoms with van der Waals surface area (Å²) < 4.78 is 2.03. The molecule has 1 aromatic carbocycles. The van der Waals surface area contributed by atoms with Gasteiger partial charge < -0.3 is 19.7 Å². The Kier molecular flexibility index (Phi) is 4.78. The van der Waals surface area contributed by atoms with E-state index in [1.165, 1.54) is 52.1 Å². The molecule has 29 heavy (non-hydrogen) atoms. The lowest BCUT2D eigenvalue weighted by molar-refractivity contribution is -0.135. The molecule has 5 rings (SSSR count). The number of piperidine rings is 2. The zero-order valence-corrected chi connectivity index (χ0v) is 17.1. The molecule has 4 heterocycles. The number of nitrogens with one attached hydrogen (secondary N) is 1. The second kappa shape index (κ2) is 7.44. The molecular formula is C22H29N5O2. The van der Waals surface area contributed by atoms with Crippen LogP contribution in [0.1, 0.15) is 44.9 Å². The highest BCUT2D eigenvalue weighted by atomic mass is 16.2. The summed E-state index contributed by atoms with van der Waals surface area (Å²) >= 11 is 0. The Morgan fingerprint density at radius 2 is 2.03 bits per heavy atom. The van der Waals surface area contributed by atoms with E-state index in [0.29, 0.717) is 25.0 Å². The van der Waals surface area contributed by atoms with Crippen LogP contribution < -0.4 is 5.32 Å². The lowest BCUT2D eigenvalue weighted by Crippen LogP contribution is -2.52. The van der Waals surface area contributed by atoms with Gasteiger partial charge in [0.15, 0.2) is 0 Å². The van der Waals surface area contributed by atoms with Crippen LogP contribution in [0.5, 0.6) is 0 Å². The van der Waals surface area contributed by atoms with E-state index in [0.717, 1.165) is 29.1 Å². The van der Waals surface area contributed by atoms with Crippen molar-refractivity contribution in [1.82, 2.24) is 19.4 Å². The van der Waals surface area contributed by atoms with Gasteiger partial charge in [-0.2, -0.15) is 0 Å². The van der Waals surface area contributed by atoms with E-state index in [-0.39, 0.29) is 11.8 Å². The number of benzene rings is 1. The fourth-order valence-corrected chi connectivity index (χ4v) is 5.49. The number of hydrogen-bond donors (Lipinski definition) is 1. The monoisotopic (exact) mass is 395 g/mol. The van der Waals surface area contributed by atoms with Gasteiger partial charge in [-0.3, -0.25) is 9.59 Å². The average molecular weight is 396 g/mol. The molecule has 1 N–H and O–H groups in total. The quantitative estimate of drug-likeness (QED) is 0.867. The predicted molar refractivity (Wildman–Crippen MR) is 111 cm³/mol. The third kappa shape index (κ3) is 3.52. The Bertz CT molecular complexity index is 950. The van der Waals surface area contributed by atoms with Gasteiger partial charge in [-0.1, -0.05) is 6.42 Å². The van der Waals surface area contributed by atoms with Crippen LogP contribution in [0.2, 0.25) is 0 Å². The van der Waals surface area contributed by atoms with Crippen LogP contribution in [0.15, 0.2) is 18.2 Å². The van der Waals surface area contributed by atoms with Crippen molar-refractivity contribution in [3.63, 3.8) is 0 Å². The molecule has 0 bridgehead atoms. The van der Waals surface area contributed by atoms with Crippen LogP contribution in [-0.4, -0.2) is 56.8 Å². The van der Waals surface area contributed by atoms with Gasteiger partial charge in [0.2, 0.25) is 11.8 Å². The minimum Gasteiger partial charge on any atom is -0.333 e. The molecule has 0 saturated carbocycles. The van der Waals surface area contributed by atoms with Gasteiger partial charge in [-0.25, -0.2) is 4.98 Å². The lowest BCUT2D eigenvalue weighted by Gasteiger charge is -2.46. The first-order chi connectivity index (χ1) is 14.1. The van der Waals surface area contributed by atoms with Gasteiger partial charge >= 0.3 is 0 Å². The highest BCUT2D eigenvalue weighted by Crippen LogP contribution is 2.32. The highest BCUT2D eigenvalue weighted by Gasteiger charge is 2.36. The van der Waals surface area contributed by atoms with Gasteiger partial charge in [0.1, 0.15) is 12.4 Å². The molecule has 3 aliphatic heterocycles. The minimum atomic E-state index is -0.0982. The summed E-state index contributed by atoms with van der Waals surface area (Å²) in [5.41, 5.74) is 2.53. The SMILES string of the molecule is CC(=O)Nc1ccc2c(c1)nc1n2CC(=O)N(CC2CCCN3CCCCC23)C1. The fourth-order valence-electron chi connectivity index (χ4n) is 5.49. The predicted octanol–water partition coefficient (Wildman–Crippen LogP) is 2.60. The molecule has 7 heteroatoms. The summed E-state index contributed by atoms with van der Waals surface area (Å²) in [6.07, 6.45) is 6.38. The number of nitrogens with zero attached hydrogens (tertiary/aromatic N) is 4. The molecule has 2 amide bonds. The molecule has 2 atom stereocenters. The molecule has 7 nitrogen and oxygen atoms in total. The summed E-state index contributed by atoms with van der Waals surface area (Å²) in [4.78, 5) is 33.8. The van der Waals surface area contributed by atoms with Crippen molar-refractivity contribution in [3.8, 4) is 0 Å². The van der Waals surface area contributed by atoms with Crippen molar-refractivity contribution >= 4 is 28.5 Å². The summed E-state index contributed by atoms with van der Waals surface area (Å²) in [6, 6.07) is 6.35. The largest absolute Gasteiger partial charge is 0.333 e. The van der Waals surface area contributed by atoms with Crippen LogP contribution in [0.25, 0.3) is 11.0 Å². The molecule has 0 radical (unpaired) electrons. The molecule has 154 valence electrons. The second-order valence-electron chi connectivity index (χ2n) is 8.77. The van der Waals surface area contributed by atoms with E-state index in [1.54, 1.807) is 0 Å². The van der Waals surface area contributed by atoms with Gasteiger partial charge in [0.25, 0.3) is 0 Å². The van der Waals surface area contributed by atoms with Crippen molar-refractivity contribution in [3.05, 3.63) is 24.0 Å². The van der Waals surface area contributed by atoms with E-state index in [2.05, 4.69) is 10.2 Å². The fraction of sp³-hybridized carbons (Fsp3) is 0.591. The van der Waals surface area contributed by atoms with Crippen LogP contribution in [-0.2, 0) is 22.7 Å². The highest BCUT2D eigenvalue weighted by molar-refractivity contribution is 5.92. The standard InChI is InChI=1S/C22H29N5O2/c1-15(28)23-17-7-8-20-18(11-17)24-21-13-26(22(29)14-27(20)21)12-16-5-4-10-25-9-3-2-6-19(16)25/h7-8,11,16,19H,2-6,9-10,12-14H2,1H3,(H,23,28). The van der Waals surface area contributed by atoms with Crippen molar-refractivity contribution in [2.75, 3.05) is 25.0 Å². The van der Waals surface area contributed by atoms with Crippen LogP contribution in [0, 0.1) is 5.92 Å². The number of carbonyl (C=O) groups excluding carboxylic acids is 2. The zero-order valence-electron chi connectivity index (χ0n) is 17.1. The van der Waals surface area contributed by atoms with E-state index in [1.807, 2.05) is 27.7 Å². The first-order valence-corrected chi connectivity index (χ1v) is 10.9. The zero-order chi connectivity index (χ0) is 20.0. The van der Waals surface area contributed by atoms with Crippen LogP contribution in [0.4, 0.5) is 5.69 Å². The number of hydrogen-bond acceptors (Lipinski definition) is 4. The molecule has 1 aromatic heterocycles. The van der Waals surface area contributed by atoms with Gasteiger partial charge in [0, 0.05) is 25.2 Å². The molecule has 2 unspecified atom stereocenters. The first-order valence-electron chi connectivity index (χ1n) is 10.9. The number of anilines is 1. The maximum Gasteiger partial charge on any atom is 0.242 e. The van der Waals surface area contributed by atoms with Crippen LogP contribution >= 0.6 is 0 Å². The van der Waals surface area contributed by atoms with Gasteiger partial charge in [-0.15, -0.1) is 0 Å².